The monoisotopic (exact) mass is 267 g/mol. The number of aryl methyl sites for hydroxylation is 1. The van der Waals surface area contributed by atoms with Crippen LogP contribution < -0.4 is 5.32 Å². The van der Waals surface area contributed by atoms with Crippen LogP contribution in [0.3, 0.4) is 0 Å². The Morgan fingerprint density at radius 3 is 3.00 bits per heavy atom. The lowest BCUT2D eigenvalue weighted by atomic mass is 10.1. The predicted octanol–water partition coefficient (Wildman–Crippen LogP) is 1.74. The van der Waals surface area contributed by atoms with Crippen molar-refractivity contribution in [1.29, 1.82) is 0 Å². The predicted molar refractivity (Wildman–Crippen MR) is 72.5 cm³/mol. The van der Waals surface area contributed by atoms with Crippen molar-refractivity contribution in [2.24, 2.45) is 7.05 Å². The molecule has 100 valence electrons. The first kappa shape index (κ1) is 11.4. The summed E-state index contributed by atoms with van der Waals surface area (Å²) in [7, 11) is 1.90. The summed E-state index contributed by atoms with van der Waals surface area (Å²) in [5.41, 5.74) is 4.42. The summed E-state index contributed by atoms with van der Waals surface area (Å²) in [6.07, 6.45) is 3.44. The average molecular weight is 267 g/mol. The van der Waals surface area contributed by atoms with Crippen LogP contribution in [0.4, 0.5) is 0 Å². The van der Waals surface area contributed by atoms with Gasteiger partial charge >= 0.3 is 0 Å². The second kappa shape index (κ2) is 4.28. The zero-order valence-corrected chi connectivity index (χ0v) is 11.0. The molecule has 0 amide bonds. The molecule has 3 aromatic rings. The van der Waals surface area contributed by atoms with E-state index in [0.717, 1.165) is 24.3 Å². The van der Waals surface area contributed by atoms with Gasteiger partial charge in [-0.25, -0.2) is 4.98 Å². The summed E-state index contributed by atoms with van der Waals surface area (Å²) in [6.45, 7) is 1.83. The van der Waals surface area contributed by atoms with E-state index >= 15 is 0 Å². The Balaban J connectivity index is 1.73. The minimum atomic E-state index is 0.538. The quantitative estimate of drug-likeness (QED) is 0.766. The zero-order valence-electron chi connectivity index (χ0n) is 11.0. The third-order valence-corrected chi connectivity index (χ3v) is 3.56. The molecule has 0 saturated heterocycles. The Kier molecular flexibility index (Phi) is 2.43. The molecule has 2 aromatic heterocycles. The molecule has 0 bridgehead atoms. The van der Waals surface area contributed by atoms with Crippen LogP contribution in [0.5, 0.6) is 0 Å². The molecule has 1 aliphatic rings. The van der Waals surface area contributed by atoms with Gasteiger partial charge in [0.05, 0.1) is 12.5 Å². The van der Waals surface area contributed by atoms with Gasteiger partial charge in [-0.1, -0.05) is 11.2 Å². The molecule has 0 spiro atoms. The van der Waals surface area contributed by atoms with Gasteiger partial charge in [0.25, 0.3) is 5.89 Å². The molecule has 1 aliphatic heterocycles. The third kappa shape index (κ3) is 1.73. The lowest BCUT2D eigenvalue weighted by Crippen LogP contribution is -1.99. The standard InChI is InChI=1S/C14H13N5O/c1-19-8-16-7-12(19)13-17-14(20-18-13)9-2-3-10-5-15-6-11(10)4-9/h2-4,7-8,15H,5-6H2,1H3. The molecule has 0 atom stereocenters. The molecule has 3 heterocycles. The number of rotatable bonds is 2. The molecule has 0 radical (unpaired) electrons. The maximum atomic E-state index is 5.37. The van der Waals surface area contributed by atoms with Crippen molar-refractivity contribution < 1.29 is 4.52 Å². The molecule has 0 unspecified atom stereocenters. The van der Waals surface area contributed by atoms with Gasteiger partial charge in [-0.2, -0.15) is 4.98 Å². The fraction of sp³-hybridized carbons (Fsp3) is 0.214. The summed E-state index contributed by atoms with van der Waals surface area (Å²) in [5.74, 6) is 1.09. The second-order valence-corrected chi connectivity index (χ2v) is 4.90. The summed E-state index contributed by atoms with van der Waals surface area (Å²) in [5, 5.41) is 7.35. The van der Waals surface area contributed by atoms with E-state index in [-0.39, 0.29) is 0 Å². The highest BCUT2D eigenvalue weighted by atomic mass is 16.5. The molecule has 0 fully saturated rings. The van der Waals surface area contributed by atoms with Gasteiger partial charge in [0.2, 0.25) is 5.82 Å². The van der Waals surface area contributed by atoms with Crippen LogP contribution in [0.2, 0.25) is 0 Å². The van der Waals surface area contributed by atoms with E-state index in [0.29, 0.717) is 11.7 Å². The number of hydrogen-bond acceptors (Lipinski definition) is 5. The maximum absolute atomic E-state index is 5.37. The molecule has 6 heteroatoms. The Morgan fingerprint density at radius 1 is 1.25 bits per heavy atom. The molecule has 0 aliphatic carbocycles. The summed E-state index contributed by atoms with van der Waals surface area (Å²) < 4.78 is 7.23. The zero-order chi connectivity index (χ0) is 13.5. The Hall–Kier alpha value is -2.47. The van der Waals surface area contributed by atoms with Gasteiger partial charge in [0.1, 0.15) is 5.69 Å². The number of hydrogen-bond donors (Lipinski definition) is 1. The first-order valence-corrected chi connectivity index (χ1v) is 6.44. The van der Waals surface area contributed by atoms with Crippen LogP contribution in [0.25, 0.3) is 23.0 Å². The van der Waals surface area contributed by atoms with Crippen LogP contribution in [-0.4, -0.2) is 19.7 Å². The van der Waals surface area contributed by atoms with Crippen LogP contribution in [0, 0.1) is 0 Å². The lowest BCUT2D eigenvalue weighted by Gasteiger charge is -1.99. The smallest absolute Gasteiger partial charge is 0.258 e. The van der Waals surface area contributed by atoms with Gasteiger partial charge < -0.3 is 14.4 Å². The van der Waals surface area contributed by atoms with E-state index in [1.165, 1.54) is 11.1 Å². The maximum Gasteiger partial charge on any atom is 0.258 e. The molecular formula is C14H13N5O. The van der Waals surface area contributed by atoms with Crippen molar-refractivity contribution in [3.05, 3.63) is 41.9 Å². The fourth-order valence-electron chi connectivity index (χ4n) is 2.45. The van der Waals surface area contributed by atoms with Gasteiger partial charge in [-0.3, -0.25) is 0 Å². The van der Waals surface area contributed by atoms with E-state index in [2.05, 4.69) is 32.6 Å². The van der Waals surface area contributed by atoms with Gasteiger partial charge in [-0.05, 0) is 23.3 Å². The number of imidazole rings is 1. The van der Waals surface area contributed by atoms with Gasteiger partial charge in [0, 0.05) is 25.7 Å². The van der Waals surface area contributed by atoms with Gasteiger partial charge in [0.15, 0.2) is 0 Å². The van der Waals surface area contributed by atoms with E-state index in [1.54, 1.807) is 12.5 Å². The molecule has 4 rings (SSSR count). The molecule has 1 N–H and O–H groups in total. The van der Waals surface area contributed by atoms with Gasteiger partial charge in [-0.15, -0.1) is 0 Å². The highest BCUT2D eigenvalue weighted by Gasteiger charge is 2.16. The summed E-state index contributed by atoms with van der Waals surface area (Å²) >= 11 is 0. The third-order valence-electron chi connectivity index (χ3n) is 3.56. The topological polar surface area (TPSA) is 68.8 Å². The largest absolute Gasteiger partial charge is 0.334 e. The van der Waals surface area contributed by atoms with Crippen LogP contribution in [0.1, 0.15) is 11.1 Å². The average Bonchev–Trinajstić information content (AvgIpc) is 3.17. The minimum absolute atomic E-state index is 0.538. The number of aromatic nitrogens is 4. The van der Waals surface area contributed by atoms with E-state index in [1.807, 2.05) is 17.7 Å². The molecular weight excluding hydrogens is 254 g/mol. The second-order valence-electron chi connectivity index (χ2n) is 4.90. The van der Waals surface area contributed by atoms with Crippen molar-refractivity contribution in [3.8, 4) is 23.0 Å². The Morgan fingerprint density at radius 2 is 2.15 bits per heavy atom. The number of fused-ring (bicyclic) bond motifs is 1. The summed E-state index contributed by atoms with van der Waals surface area (Å²) in [4.78, 5) is 8.51. The minimum Gasteiger partial charge on any atom is -0.334 e. The number of nitrogens with zero attached hydrogens (tertiary/aromatic N) is 4. The Labute approximate surface area is 115 Å². The van der Waals surface area contributed by atoms with Crippen molar-refractivity contribution in [3.63, 3.8) is 0 Å². The van der Waals surface area contributed by atoms with Crippen molar-refractivity contribution in [2.75, 3.05) is 0 Å². The molecule has 0 saturated carbocycles. The molecule has 6 nitrogen and oxygen atoms in total. The lowest BCUT2D eigenvalue weighted by molar-refractivity contribution is 0.432. The number of nitrogens with one attached hydrogen (secondary N) is 1. The van der Waals surface area contributed by atoms with Crippen LogP contribution in [0.15, 0.2) is 35.2 Å². The number of benzene rings is 1. The van der Waals surface area contributed by atoms with Crippen molar-refractivity contribution in [1.82, 2.24) is 25.0 Å². The molecule has 1 aromatic carbocycles. The van der Waals surface area contributed by atoms with Crippen molar-refractivity contribution in [2.45, 2.75) is 13.1 Å². The van der Waals surface area contributed by atoms with Crippen LogP contribution >= 0.6 is 0 Å². The molecule has 20 heavy (non-hydrogen) atoms. The SMILES string of the molecule is Cn1cncc1-c1noc(-c2ccc3c(c2)CNC3)n1. The van der Waals surface area contributed by atoms with E-state index < -0.39 is 0 Å². The first-order valence-electron chi connectivity index (χ1n) is 6.44. The van der Waals surface area contributed by atoms with E-state index in [9.17, 15) is 0 Å². The fourth-order valence-corrected chi connectivity index (χ4v) is 2.45. The first-order chi connectivity index (χ1) is 9.81. The Bertz CT molecular complexity index is 773. The highest BCUT2D eigenvalue weighted by molar-refractivity contribution is 5.59. The highest BCUT2D eigenvalue weighted by Crippen LogP contribution is 2.25. The van der Waals surface area contributed by atoms with E-state index in [4.69, 9.17) is 4.52 Å². The van der Waals surface area contributed by atoms with Crippen molar-refractivity contribution >= 4 is 0 Å². The van der Waals surface area contributed by atoms with Crippen LogP contribution in [-0.2, 0) is 20.1 Å². The summed E-state index contributed by atoms with van der Waals surface area (Å²) in [6, 6.07) is 6.24. The normalized spacial score (nSPS) is 13.7.